The van der Waals surface area contributed by atoms with Crippen molar-refractivity contribution in [2.75, 3.05) is 0 Å². The first-order chi connectivity index (χ1) is 14.0. The summed E-state index contributed by atoms with van der Waals surface area (Å²) >= 11 is -0.826. The van der Waals surface area contributed by atoms with E-state index >= 15 is 0 Å². The summed E-state index contributed by atoms with van der Waals surface area (Å²) in [5.41, 5.74) is 4.38. The minimum atomic E-state index is -1.86. The molecular weight excluding hydrogens is 503 g/mol. The van der Waals surface area contributed by atoms with Crippen molar-refractivity contribution < 1.29 is 20.8 Å². The number of benzene rings is 2. The van der Waals surface area contributed by atoms with Gasteiger partial charge >= 0.3 is 37.9 Å². The second-order valence-corrected chi connectivity index (χ2v) is 17.9. The van der Waals surface area contributed by atoms with E-state index in [0.29, 0.717) is 0 Å². The van der Waals surface area contributed by atoms with Crippen LogP contribution in [0.4, 0.5) is 0 Å². The van der Waals surface area contributed by atoms with Gasteiger partial charge in [-0.2, -0.15) is 11.6 Å². The third-order valence-electron chi connectivity index (χ3n) is 6.18. The van der Waals surface area contributed by atoms with Crippen LogP contribution in [0.25, 0.3) is 21.5 Å². The van der Waals surface area contributed by atoms with Gasteiger partial charge in [-0.15, -0.1) is 73.9 Å². The van der Waals surface area contributed by atoms with Crippen LogP contribution in [0, 0.1) is 13.8 Å². The Hall–Kier alpha value is -0.660. The van der Waals surface area contributed by atoms with Gasteiger partial charge < -0.3 is 0 Å². The molecular formula is C26H30Cl2SiZr. The molecule has 0 atom stereocenters. The quantitative estimate of drug-likeness (QED) is 0.185. The Morgan fingerprint density at radius 2 is 1.63 bits per heavy atom. The molecule has 0 radical (unpaired) electrons. The zero-order valence-corrected chi connectivity index (χ0v) is 23.9. The number of hydrogen-bond acceptors (Lipinski definition) is 0. The zero-order valence-electron chi connectivity index (χ0n) is 19.0. The fourth-order valence-electron chi connectivity index (χ4n) is 4.52. The normalized spacial score (nSPS) is 12.0. The first-order valence-corrected chi connectivity index (χ1v) is 19.7. The number of rotatable bonds is 2. The van der Waals surface area contributed by atoms with Crippen molar-refractivity contribution in [2.24, 2.45) is 0 Å². The predicted molar refractivity (Wildman–Crippen MR) is 136 cm³/mol. The second-order valence-electron chi connectivity index (χ2n) is 9.79. The van der Waals surface area contributed by atoms with E-state index in [1.807, 2.05) is 0 Å². The first-order valence-electron chi connectivity index (χ1n) is 10.3. The van der Waals surface area contributed by atoms with Gasteiger partial charge in [-0.25, -0.2) is 0 Å². The molecule has 0 amide bonds. The minimum absolute atomic E-state index is 0.155. The van der Waals surface area contributed by atoms with E-state index < -0.39 is 28.9 Å². The summed E-state index contributed by atoms with van der Waals surface area (Å²) in [6.45, 7) is 16.5. The van der Waals surface area contributed by atoms with Gasteiger partial charge in [0.1, 0.15) is 0 Å². The molecule has 0 aliphatic heterocycles. The molecule has 0 aliphatic rings. The molecule has 4 heteroatoms. The SMILES string of the molecule is Cc1cc2cc(C(C)(C)C)cc([Si](C)(C)[c-]3cc(C)c4ccccc43)c2[cH-]1.[Cl][Zr+2][Cl]. The second kappa shape index (κ2) is 9.07. The van der Waals surface area contributed by atoms with E-state index in [1.165, 1.54) is 38.2 Å². The molecule has 156 valence electrons. The molecule has 0 unspecified atom stereocenters. The van der Waals surface area contributed by atoms with Crippen molar-refractivity contribution >= 4 is 57.0 Å². The number of halogens is 2. The van der Waals surface area contributed by atoms with Crippen LogP contribution in [-0.4, -0.2) is 8.07 Å². The molecule has 0 saturated carbocycles. The molecule has 0 fully saturated rings. The fourth-order valence-corrected chi connectivity index (χ4v) is 7.68. The van der Waals surface area contributed by atoms with Crippen molar-refractivity contribution in [1.29, 1.82) is 0 Å². The zero-order chi connectivity index (χ0) is 22.3. The van der Waals surface area contributed by atoms with Crippen molar-refractivity contribution in [3.05, 3.63) is 71.3 Å². The maximum atomic E-state index is 4.93. The number of aryl methyl sites for hydroxylation is 2. The van der Waals surface area contributed by atoms with E-state index in [1.54, 1.807) is 10.4 Å². The van der Waals surface area contributed by atoms with E-state index in [-0.39, 0.29) is 5.41 Å². The summed E-state index contributed by atoms with van der Waals surface area (Å²) in [7, 11) is 8.01. The van der Waals surface area contributed by atoms with Gasteiger partial charge in [-0.1, -0.05) is 65.4 Å². The monoisotopic (exact) mass is 530 g/mol. The Kier molecular flexibility index (Phi) is 7.25. The van der Waals surface area contributed by atoms with Gasteiger partial charge in [0, 0.05) is 8.07 Å². The maximum absolute atomic E-state index is 4.93. The molecule has 0 aliphatic carbocycles. The van der Waals surface area contributed by atoms with E-state index in [9.17, 15) is 0 Å². The van der Waals surface area contributed by atoms with Crippen LogP contribution in [-0.2, 0) is 26.3 Å². The van der Waals surface area contributed by atoms with Gasteiger partial charge in [0.25, 0.3) is 0 Å². The van der Waals surface area contributed by atoms with E-state index in [4.69, 9.17) is 17.0 Å². The summed E-state index contributed by atoms with van der Waals surface area (Å²) < 4.78 is 0. The molecule has 4 aromatic carbocycles. The standard InChI is InChI=1S/C26H30Si.2ClH.Zr/c1-17-12-19-15-20(26(3,4)5)16-25(23(19)13-17)27(6,7)24-14-18(2)21-10-8-9-11-22(21)24;;;/h8-16H,1-7H3;2*1H;/q-2;;;+4/p-2. The summed E-state index contributed by atoms with van der Waals surface area (Å²) in [4.78, 5) is 0. The van der Waals surface area contributed by atoms with Crippen LogP contribution in [0.15, 0.2) is 54.6 Å². The van der Waals surface area contributed by atoms with Gasteiger partial charge in [0.2, 0.25) is 0 Å². The average molecular weight is 533 g/mol. The molecule has 0 aromatic heterocycles. The molecule has 0 spiro atoms. The van der Waals surface area contributed by atoms with Crippen LogP contribution >= 0.6 is 17.0 Å². The Bertz CT molecular complexity index is 1180. The van der Waals surface area contributed by atoms with Crippen molar-refractivity contribution in [2.45, 2.75) is 53.1 Å². The first kappa shape index (κ1) is 24.0. The molecule has 30 heavy (non-hydrogen) atoms. The summed E-state index contributed by atoms with van der Waals surface area (Å²) in [5.74, 6) is 0. The van der Waals surface area contributed by atoms with Crippen LogP contribution in [0.2, 0.25) is 13.1 Å². The molecule has 4 aromatic rings. The Morgan fingerprint density at radius 3 is 2.27 bits per heavy atom. The van der Waals surface area contributed by atoms with E-state index in [0.717, 1.165) is 0 Å². The summed E-state index contributed by atoms with van der Waals surface area (Å²) in [6.07, 6.45) is 0. The van der Waals surface area contributed by atoms with Gasteiger partial charge in [0.05, 0.1) is 0 Å². The van der Waals surface area contributed by atoms with Crippen LogP contribution in [0.5, 0.6) is 0 Å². The Balaban J connectivity index is 0.000000806. The average Bonchev–Trinajstić information content (AvgIpc) is 3.20. The summed E-state index contributed by atoms with van der Waals surface area (Å²) in [5, 5.41) is 8.87. The van der Waals surface area contributed by atoms with Crippen molar-refractivity contribution in [3.63, 3.8) is 0 Å². The Morgan fingerprint density at radius 1 is 1.00 bits per heavy atom. The van der Waals surface area contributed by atoms with E-state index in [2.05, 4.69) is 102 Å². The molecule has 0 saturated heterocycles. The summed E-state index contributed by atoms with van der Waals surface area (Å²) in [6, 6.07) is 21.1. The Labute approximate surface area is 201 Å². The van der Waals surface area contributed by atoms with Crippen LogP contribution in [0.1, 0.15) is 37.5 Å². The van der Waals surface area contributed by atoms with Gasteiger partial charge in [0.15, 0.2) is 0 Å². The number of fused-ring (bicyclic) bond motifs is 2. The third-order valence-corrected chi connectivity index (χ3v) is 9.70. The molecule has 0 N–H and O–H groups in total. The van der Waals surface area contributed by atoms with Crippen LogP contribution in [0.3, 0.4) is 0 Å². The molecule has 0 heterocycles. The van der Waals surface area contributed by atoms with Crippen molar-refractivity contribution in [1.82, 2.24) is 0 Å². The predicted octanol–water partition coefficient (Wildman–Crippen LogP) is 7.54. The van der Waals surface area contributed by atoms with Gasteiger partial charge in [-0.3, -0.25) is 0 Å². The van der Waals surface area contributed by atoms with Gasteiger partial charge in [-0.05, 0) is 5.41 Å². The number of hydrogen-bond donors (Lipinski definition) is 0. The van der Waals surface area contributed by atoms with Crippen molar-refractivity contribution in [3.8, 4) is 0 Å². The molecule has 0 nitrogen and oxygen atoms in total. The fraction of sp³-hybridized carbons (Fsp3) is 0.308. The molecule has 0 bridgehead atoms. The topological polar surface area (TPSA) is 0 Å². The molecule has 4 rings (SSSR count). The third kappa shape index (κ3) is 4.58. The van der Waals surface area contributed by atoms with Crippen LogP contribution < -0.4 is 10.4 Å².